The van der Waals surface area contributed by atoms with Gasteiger partial charge in [0.1, 0.15) is 11.4 Å². The SMILES string of the molecule is Cc1ccc(C2(C(=O)N3CCC[C@H](c4nccnc4Oc4cccc(C)c4)C3)CCOCC2)cc1. The summed E-state index contributed by atoms with van der Waals surface area (Å²) in [6.45, 7) is 6.71. The Morgan fingerprint density at radius 1 is 1.03 bits per heavy atom. The van der Waals surface area contributed by atoms with Crippen LogP contribution in [0.1, 0.15) is 54.0 Å². The molecule has 1 aromatic heterocycles. The summed E-state index contributed by atoms with van der Waals surface area (Å²) in [5.41, 5.74) is 3.71. The summed E-state index contributed by atoms with van der Waals surface area (Å²) in [4.78, 5) is 25.4. The molecule has 3 heterocycles. The minimum absolute atomic E-state index is 0.0797. The highest BCUT2D eigenvalue weighted by Crippen LogP contribution is 2.40. The fraction of sp³-hybridized carbons (Fsp3) is 0.414. The van der Waals surface area contributed by atoms with Crippen LogP contribution in [0.2, 0.25) is 0 Å². The van der Waals surface area contributed by atoms with Crippen LogP contribution in [0.25, 0.3) is 0 Å². The predicted molar refractivity (Wildman–Crippen MR) is 135 cm³/mol. The van der Waals surface area contributed by atoms with Crippen LogP contribution in [0.4, 0.5) is 0 Å². The second-order valence-electron chi connectivity index (χ2n) is 9.82. The Morgan fingerprint density at radius 2 is 1.80 bits per heavy atom. The van der Waals surface area contributed by atoms with Crippen LogP contribution in [-0.2, 0) is 14.9 Å². The Morgan fingerprint density at radius 3 is 2.57 bits per heavy atom. The van der Waals surface area contributed by atoms with Crippen molar-refractivity contribution in [3.63, 3.8) is 0 Å². The van der Waals surface area contributed by atoms with Crippen LogP contribution in [0.15, 0.2) is 60.9 Å². The minimum Gasteiger partial charge on any atom is -0.437 e. The second kappa shape index (κ2) is 10.2. The van der Waals surface area contributed by atoms with Gasteiger partial charge in [-0.2, -0.15) is 0 Å². The number of benzene rings is 2. The molecule has 5 rings (SSSR count). The van der Waals surface area contributed by atoms with Crippen molar-refractivity contribution in [1.82, 2.24) is 14.9 Å². The zero-order chi connectivity index (χ0) is 24.3. The molecule has 182 valence electrons. The predicted octanol–water partition coefficient (Wildman–Crippen LogP) is 5.34. The van der Waals surface area contributed by atoms with E-state index in [-0.39, 0.29) is 11.8 Å². The third kappa shape index (κ3) is 4.94. The summed E-state index contributed by atoms with van der Waals surface area (Å²) < 4.78 is 11.8. The molecular formula is C29H33N3O3. The van der Waals surface area contributed by atoms with Crippen LogP contribution >= 0.6 is 0 Å². The molecule has 0 bridgehead atoms. The van der Waals surface area contributed by atoms with Gasteiger partial charge in [0.25, 0.3) is 0 Å². The van der Waals surface area contributed by atoms with Gasteiger partial charge in [0.15, 0.2) is 0 Å². The number of nitrogens with zero attached hydrogens (tertiary/aromatic N) is 3. The maximum atomic E-state index is 14.2. The Bertz CT molecular complexity index is 1170. The molecule has 0 radical (unpaired) electrons. The molecule has 0 saturated carbocycles. The lowest BCUT2D eigenvalue weighted by Gasteiger charge is -2.42. The summed E-state index contributed by atoms with van der Waals surface area (Å²) in [6, 6.07) is 16.4. The molecule has 35 heavy (non-hydrogen) atoms. The van der Waals surface area contributed by atoms with Crippen LogP contribution in [0.5, 0.6) is 11.6 Å². The smallest absolute Gasteiger partial charge is 0.241 e. The molecule has 1 amide bonds. The summed E-state index contributed by atoms with van der Waals surface area (Å²) in [5.74, 6) is 1.56. The number of carbonyl (C=O) groups excluding carboxylic acids is 1. The highest BCUT2D eigenvalue weighted by atomic mass is 16.5. The number of carbonyl (C=O) groups is 1. The fourth-order valence-electron chi connectivity index (χ4n) is 5.39. The molecule has 6 nitrogen and oxygen atoms in total. The van der Waals surface area contributed by atoms with E-state index < -0.39 is 5.41 Å². The highest BCUT2D eigenvalue weighted by Gasteiger charge is 2.45. The van der Waals surface area contributed by atoms with Gasteiger partial charge < -0.3 is 14.4 Å². The highest BCUT2D eigenvalue weighted by molar-refractivity contribution is 5.88. The summed E-state index contributed by atoms with van der Waals surface area (Å²) in [7, 11) is 0. The summed E-state index contributed by atoms with van der Waals surface area (Å²) in [6.07, 6.45) is 6.68. The van der Waals surface area contributed by atoms with Crippen LogP contribution in [0, 0.1) is 13.8 Å². The first-order chi connectivity index (χ1) is 17.0. The largest absolute Gasteiger partial charge is 0.437 e. The molecule has 2 saturated heterocycles. The Balaban J connectivity index is 1.40. The van der Waals surface area contributed by atoms with Gasteiger partial charge in [0, 0.05) is 44.6 Å². The molecule has 2 aromatic carbocycles. The average molecular weight is 472 g/mol. The topological polar surface area (TPSA) is 64.6 Å². The Labute approximate surface area is 207 Å². The van der Waals surface area contributed by atoms with Crippen molar-refractivity contribution < 1.29 is 14.3 Å². The van der Waals surface area contributed by atoms with Gasteiger partial charge in [-0.05, 0) is 62.8 Å². The Hall–Kier alpha value is -3.25. The van der Waals surface area contributed by atoms with Gasteiger partial charge in [-0.15, -0.1) is 0 Å². The lowest BCUT2D eigenvalue weighted by Crippen LogP contribution is -2.52. The first-order valence-electron chi connectivity index (χ1n) is 12.5. The van der Waals surface area contributed by atoms with E-state index in [9.17, 15) is 4.79 Å². The van der Waals surface area contributed by atoms with Gasteiger partial charge in [0.05, 0.1) is 5.41 Å². The quantitative estimate of drug-likeness (QED) is 0.503. The number of amides is 1. The molecule has 0 aliphatic carbocycles. The van der Waals surface area contributed by atoms with Gasteiger partial charge in [-0.25, -0.2) is 4.98 Å². The molecule has 6 heteroatoms. The number of hydrogen-bond donors (Lipinski definition) is 0. The second-order valence-corrected chi connectivity index (χ2v) is 9.82. The zero-order valence-corrected chi connectivity index (χ0v) is 20.6. The van der Waals surface area contributed by atoms with Crippen molar-refractivity contribution in [1.29, 1.82) is 0 Å². The first-order valence-corrected chi connectivity index (χ1v) is 12.5. The van der Waals surface area contributed by atoms with Crippen molar-refractivity contribution in [2.24, 2.45) is 0 Å². The number of aryl methyl sites for hydroxylation is 2. The Kier molecular flexibility index (Phi) is 6.82. The van der Waals surface area contributed by atoms with E-state index in [4.69, 9.17) is 9.47 Å². The number of rotatable bonds is 5. The molecule has 2 aliphatic rings. The number of aromatic nitrogens is 2. The molecule has 2 aliphatic heterocycles. The molecule has 0 N–H and O–H groups in total. The monoisotopic (exact) mass is 471 g/mol. The van der Waals surface area contributed by atoms with E-state index in [2.05, 4.69) is 41.2 Å². The van der Waals surface area contributed by atoms with E-state index in [1.54, 1.807) is 12.4 Å². The number of likely N-dealkylation sites (tertiary alicyclic amines) is 1. The van der Waals surface area contributed by atoms with Crippen molar-refractivity contribution in [2.75, 3.05) is 26.3 Å². The molecular weight excluding hydrogens is 438 g/mol. The summed E-state index contributed by atoms with van der Waals surface area (Å²) in [5, 5.41) is 0. The number of hydrogen-bond acceptors (Lipinski definition) is 5. The van der Waals surface area contributed by atoms with Crippen molar-refractivity contribution in [3.05, 3.63) is 83.3 Å². The van der Waals surface area contributed by atoms with Gasteiger partial charge in [-0.1, -0.05) is 42.0 Å². The van der Waals surface area contributed by atoms with E-state index >= 15 is 0 Å². The number of piperidine rings is 1. The van der Waals surface area contributed by atoms with E-state index in [0.29, 0.717) is 38.5 Å². The third-order valence-electron chi connectivity index (χ3n) is 7.35. The maximum Gasteiger partial charge on any atom is 0.241 e. The molecule has 2 fully saturated rings. The van der Waals surface area contributed by atoms with Crippen LogP contribution < -0.4 is 4.74 Å². The van der Waals surface area contributed by atoms with Gasteiger partial charge in [-0.3, -0.25) is 9.78 Å². The lowest BCUT2D eigenvalue weighted by molar-refractivity contribution is -0.142. The summed E-state index contributed by atoms with van der Waals surface area (Å²) >= 11 is 0. The number of ether oxygens (including phenoxy) is 2. The molecule has 3 aromatic rings. The maximum absolute atomic E-state index is 14.2. The van der Waals surface area contributed by atoms with Crippen molar-refractivity contribution in [2.45, 2.75) is 50.9 Å². The normalized spacial score (nSPS) is 19.8. The third-order valence-corrected chi connectivity index (χ3v) is 7.35. The molecule has 1 atom stereocenters. The van der Waals surface area contributed by atoms with Gasteiger partial charge in [0.2, 0.25) is 11.8 Å². The van der Waals surface area contributed by atoms with Crippen molar-refractivity contribution in [3.8, 4) is 11.6 Å². The molecule has 0 unspecified atom stereocenters. The van der Waals surface area contributed by atoms with Crippen LogP contribution in [0.3, 0.4) is 0 Å². The molecule has 0 spiro atoms. The van der Waals surface area contributed by atoms with Crippen molar-refractivity contribution >= 4 is 5.91 Å². The fourth-order valence-corrected chi connectivity index (χ4v) is 5.39. The first kappa shape index (κ1) is 23.5. The van der Waals surface area contributed by atoms with Crippen LogP contribution in [-0.4, -0.2) is 47.1 Å². The van der Waals surface area contributed by atoms with E-state index in [0.717, 1.165) is 42.0 Å². The van der Waals surface area contributed by atoms with E-state index in [1.165, 1.54) is 5.56 Å². The lowest BCUT2D eigenvalue weighted by atomic mass is 9.72. The van der Waals surface area contributed by atoms with Gasteiger partial charge >= 0.3 is 0 Å². The average Bonchev–Trinajstić information content (AvgIpc) is 2.89. The standard InChI is InChI=1S/C29H33N3O3/c1-21-8-10-24(11-9-21)29(12-17-34-18-13-29)28(33)32-16-4-6-23(20-32)26-27(31-15-14-30-26)35-25-7-3-5-22(2)19-25/h3,5,7-11,14-15,19,23H,4,6,12-13,16-18,20H2,1-2H3/t23-/m0/s1. The zero-order valence-electron chi connectivity index (χ0n) is 20.6. The minimum atomic E-state index is -0.531. The van der Waals surface area contributed by atoms with E-state index in [1.807, 2.05) is 36.1 Å².